The lowest BCUT2D eigenvalue weighted by molar-refractivity contribution is 0.00169. The van der Waals surface area contributed by atoms with Crippen LogP contribution in [0.1, 0.15) is 19.3 Å². The molecule has 4 aromatic rings. The van der Waals surface area contributed by atoms with Crippen molar-refractivity contribution in [3.8, 4) is 17.3 Å². The molecule has 4 heterocycles. The number of halogens is 2. The van der Waals surface area contributed by atoms with Gasteiger partial charge >= 0.3 is 0 Å². The van der Waals surface area contributed by atoms with Crippen molar-refractivity contribution < 1.29 is 8.78 Å². The SMILES string of the molecule is N#CCC1(n2cc(-c3ncnc4[nH]ccc34)cn2)CC(N2CCN(c3ccc(F)c(F)c3)CC2)C1. The molecule has 1 N–H and O–H groups in total. The zero-order valence-corrected chi connectivity index (χ0v) is 19.0. The van der Waals surface area contributed by atoms with E-state index < -0.39 is 11.6 Å². The molecule has 0 unspecified atom stereocenters. The lowest BCUT2D eigenvalue weighted by Crippen LogP contribution is -2.60. The van der Waals surface area contributed by atoms with E-state index in [-0.39, 0.29) is 5.54 Å². The first-order valence-electron chi connectivity index (χ1n) is 11.7. The Balaban J connectivity index is 1.14. The van der Waals surface area contributed by atoms with Crippen LogP contribution >= 0.6 is 0 Å². The zero-order valence-electron chi connectivity index (χ0n) is 19.0. The van der Waals surface area contributed by atoms with Crippen molar-refractivity contribution in [2.75, 3.05) is 31.1 Å². The van der Waals surface area contributed by atoms with Crippen LogP contribution in [-0.2, 0) is 5.54 Å². The van der Waals surface area contributed by atoms with Crippen molar-refractivity contribution in [1.82, 2.24) is 29.6 Å². The number of aromatic nitrogens is 5. The van der Waals surface area contributed by atoms with Gasteiger partial charge in [0.05, 0.1) is 29.9 Å². The number of fused-ring (bicyclic) bond motifs is 1. The summed E-state index contributed by atoms with van der Waals surface area (Å²) in [4.78, 5) is 16.3. The average molecular weight is 475 g/mol. The van der Waals surface area contributed by atoms with Crippen LogP contribution in [0.2, 0.25) is 0 Å². The van der Waals surface area contributed by atoms with Gasteiger partial charge in [-0.1, -0.05) is 0 Å². The number of rotatable bonds is 5. The van der Waals surface area contributed by atoms with Crippen LogP contribution in [0, 0.1) is 23.0 Å². The van der Waals surface area contributed by atoms with Gasteiger partial charge in [0.1, 0.15) is 12.0 Å². The monoisotopic (exact) mass is 474 g/mol. The van der Waals surface area contributed by atoms with Gasteiger partial charge in [-0.05, 0) is 31.0 Å². The normalized spacial score (nSPS) is 22.8. The maximum atomic E-state index is 13.6. The number of anilines is 1. The van der Waals surface area contributed by atoms with E-state index in [2.05, 4.69) is 35.9 Å². The molecule has 3 aromatic heterocycles. The Hall–Kier alpha value is -3.84. The van der Waals surface area contributed by atoms with Gasteiger partial charge in [0.15, 0.2) is 11.6 Å². The highest BCUT2D eigenvalue weighted by Gasteiger charge is 2.49. The predicted molar refractivity (Wildman–Crippen MR) is 126 cm³/mol. The number of hydrogen-bond donors (Lipinski definition) is 1. The fourth-order valence-corrected chi connectivity index (χ4v) is 5.47. The summed E-state index contributed by atoms with van der Waals surface area (Å²) in [5.74, 6) is -1.64. The molecule has 178 valence electrons. The standard InChI is InChI=1S/C25H24F2N8/c26-21-2-1-18(11-22(21)27)33-7-9-34(10-8-33)19-12-25(13-19,4-5-28)35-15-17(14-32-35)23-20-3-6-29-24(20)31-16-30-23/h1-3,6,11,14-16,19H,4,7-10,12-13H2,(H,29,30,31). The molecule has 2 aliphatic rings. The van der Waals surface area contributed by atoms with E-state index in [0.29, 0.717) is 18.2 Å². The number of hydrogen-bond acceptors (Lipinski definition) is 6. The summed E-state index contributed by atoms with van der Waals surface area (Å²) in [5, 5.41) is 15.2. The molecular weight excluding hydrogens is 450 g/mol. The van der Waals surface area contributed by atoms with Crippen molar-refractivity contribution in [2.24, 2.45) is 0 Å². The van der Waals surface area contributed by atoms with Crippen molar-refractivity contribution in [2.45, 2.75) is 30.8 Å². The number of nitrogens with one attached hydrogen (secondary N) is 1. The molecule has 1 aromatic carbocycles. The van der Waals surface area contributed by atoms with Crippen LogP contribution in [0.3, 0.4) is 0 Å². The predicted octanol–water partition coefficient (Wildman–Crippen LogP) is 3.69. The van der Waals surface area contributed by atoms with Crippen molar-refractivity contribution >= 4 is 16.7 Å². The van der Waals surface area contributed by atoms with E-state index in [1.54, 1.807) is 6.07 Å². The molecule has 6 rings (SSSR count). The van der Waals surface area contributed by atoms with Crippen molar-refractivity contribution in [3.63, 3.8) is 0 Å². The second-order valence-electron chi connectivity index (χ2n) is 9.38. The molecule has 0 atom stereocenters. The Labute approximate surface area is 200 Å². The van der Waals surface area contributed by atoms with E-state index >= 15 is 0 Å². The molecule has 1 aliphatic carbocycles. The Kier molecular flexibility index (Phi) is 5.22. The highest BCUT2D eigenvalue weighted by Crippen LogP contribution is 2.45. The molecule has 35 heavy (non-hydrogen) atoms. The molecule has 0 spiro atoms. The number of H-pyrrole nitrogens is 1. The lowest BCUT2D eigenvalue weighted by atomic mass is 9.70. The Bertz CT molecular complexity index is 1410. The number of nitrogens with zero attached hydrogens (tertiary/aromatic N) is 7. The van der Waals surface area contributed by atoms with Crippen LogP contribution in [0.4, 0.5) is 14.5 Å². The molecule has 8 nitrogen and oxygen atoms in total. The summed E-state index contributed by atoms with van der Waals surface area (Å²) < 4.78 is 28.9. The smallest absolute Gasteiger partial charge is 0.160 e. The van der Waals surface area contributed by atoms with Gasteiger partial charge < -0.3 is 9.88 Å². The van der Waals surface area contributed by atoms with Gasteiger partial charge in [-0.15, -0.1) is 0 Å². The summed E-state index contributed by atoms with van der Waals surface area (Å²) in [6.45, 7) is 3.17. The van der Waals surface area contributed by atoms with Gasteiger partial charge in [-0.2, -0.15) is 10.4 Å². The minimum atomic E-state index is -0.824. The first-order chi connectivity index (χ1) is 17.1. The van der Waals surface area contributed by atoms with Crippen LogP contribution in [0.25, 0.3) is 22.3 Å². The second-order valence-corrected chi connectivity index (χ2v) is 9.38. The summed E-state index contributed by atoms with van der Waals surface area (Å²) in [7, 11) is 0. The molecule has 1 saturated heterocycles. The topological polar surface area (TPSA) is 89.7 Å². The maximum Gasteiger partial charge on any atom is 0.160 e. The minimum absolute atomic E-state index is 0.334. The average Bonchev–Trinajstić information content (AvgIpc) is 3.53. The van der Waals surface area contributed by atoms with Crippen LogP contribution < -0.4 is 4.90 Å². The summed E-state index contributed by atoms with van der Waals surface area (Å²) in [6, 6.07) is 8.75. The quantitative estimate of drug-likeness (QED) is 0.475. The van der Waals surface area contributed by atoms with E-state index in [9.17, 15) is 14.0 Å². The van der Waals surface area contributed by atoms with Gasteiger partial charge in [0.2, 0.25) is 0 Å². The van der Waals surface area contributed by atoms with Gasteiger partial charge in [-0.3, -0.25) is 9.58 Å². The first kappa shape index (κ1) is 21.7. The van der Waals surface area contributed by atoms with Gasteiger partial charge in [-0.25, -0.2) is 18.7 Å². The molecule has 1 saturated carbocycles. The van der Waals surface area contributed by atoms with Crippen molar-refractivity contribution in [1.29, 1.82) is 5.26 Å². The van der Waals surface area contributed by atoms with Gasteiger partial charge in [0.25, 0.3) is 0 Å². The largest absolute Gasteiger partial charge is 0.369 e. The van der Waals surface area contributed by atoms with Crippen LogP contribution in [0.5, 0.6) is 0 Å². The summed E-state index contributed by atoms with van der Waals surface area (Å²) in [5.41, 5.74) is 2.87. The molecule has 10 heteroatoms. The number of aromatic amines is 1. The number of piperazine rings is 1. The molecule has 2 fully saturated rings. The fourth-order valence-electron chi connectivity index (χ4n) is 5.47. The Morgan fingerprint density at radius 1 is 1.09 bits per heavy atom. The number of benzene rings is 1. The fraction of sp³-hybridized carbons (Fsp3) is 0.360. The van der Waals surface area contributed by atoms with E-state index in [1.165, 1.54) is 18.5 Å². The molecular formula is C25H24F2N8. The third-order valence-corrected chi connectivity index (χ3v) is 7.43. The molecule has 0 bridgehead atoms. The van der Waals surface area contributed by atoms with E-state index in [4.69, 9.17) is 0 Å². The van der Waals surface area contributed by atoms with E-state index in [1.807, 2.05) is 29.3 Å². The van der Waals surface area contributed by atoms with E-state index in [0.717, 1.165) is 61.3 Å². The summed E-state index contributed by atoms with van der Waals surface area (Å²) in [6.07, 6.45) is 9.25. The van der Waals surface area contributed by atoms with Gasteiger partial charge in [0, 0.05) is 67.3 Å². The zero-order chi connectivity index (χ0) is 24.0. The molecule has 1 aliphatic heterocycles. The highest BCUT2D eigenvalue weighted by atomic mass is 19.2. The third-order valence-electron chi connectivity index (χ3n) is 7.43. The maximum absolute atomic E-state index is 13.6. The molecule has 0 radical (unpaired) electrons. The highest BCUT2D eigenvalue weighted by molar-refractivity contribution is 5.90. The van der Waals surface area contributed by atoms with Crippen LogP contribution in [0.15, 0.2) is 49.2 Å². The lowest BCUT2D eigenvalue weighted by Gasteiger charge is -2.52. The number of nitriles is 1. The Morgan fingerprint density at radius 2 is 1.91 bits per heavy atom. The summed E-state index contributed by atoms with van der Waals surface area (Å²) >= 11 is 0. The first-order valence-corrected chi connectivity index (χ1v) is 11.7. The van der Waals surface area contributed by atoms with Crippen LogP contribution in [-0.4, -0.2) is 61.9 Å². The molecule has 0 amide bonds. The Morgan fingerprint density at radius 3 is 2.69 bits per heavy atom. The third kappa shape index (κ3) is 3.72. The van der Waals surface area contributed by atoms with Crippen molar-refractivity contribution in [3.05, 3.63) is 60.8 Å². The second kappa shape index (κ2) is 8.43. The minimum Gasteiger partial charge on any atom is -0.369 e.